The van der Waals surface area contributed by atoms with Crippen LogP contribution in [0.5, 0.6) is 0 Å². The molecule has 3 heteroatoms. The molecule has 1 aromatic rings. The van der Waals surface area contributed by atoms with Gasteiger partial charge < -0.3 is 4.90 Å². The minimum absolute atomic E-state index is 0.169. The van der Waals surface area contributed by atoms with Gasteiger partial charge >= 0.3 is 0 Å². The summed E-state index contributed by atoms with van der Waals surface area (Å²) in [5.41, 5.74) is 0.768. The maximum absolute atomic E-state index is 11.9. The van der Waals surface area contributed by atoms with E-state index >= 15 is 0 Å². The number of amides is 1. The fourth-order valence-corrected chi connectivity index (χ4v) is 2.47. The fourth-order valence-electron chi connectivity index (χ4n) is 2.47. The van der Waals surface area contributed by atoms with Crippen molar-refractivity contribution in [3.05, 3.63) is 35.9 Å². The summed E-state index contributed by atoms with van der Waals surface area (Å²) in [4.78, 5) is 25.7. The standard InChI is InChI=1S/C16H21NO2/c18-15(14-8-3-1-4-9-14)10-7-13-17-12-6-2-5-11-16(17)19/h1,3-4,8-9H,2,5-7,10-13H2. The zero-order chi connectivity index (χ0) is 13.5. The van der Waals surface area contributed by atoms with Crippen LogP contribution in [0.25, 0.3) is 0 Å². The molecule has 1 heterocycles. The molecular formula is C16H21NO2. The van der Waals surface area contributed by atoms with Gasteiger partial charge in [-0.3, -0.25) is 9.59 Å². The molecular weight excluding hydrogens is 238 g/mol. The number of ketones is 1. The van der Waals surface area contributed by atoms with E-state index in [1.54, 1.807) is 0 Å². The Morgan fingerprint density at radius 3 is 2.68 bits per heavy atom. The lowest BCUT2D eigenvalue weighted by molar-refractivity contribution is -0.130. The Morgan fingerprint density at radius 2 is 1.89 bits per heavy atom. The Kier molecular flexibility index (Phi) is 5.13. The van der Waals surface area contributed by atoms with Crippen LogP contribution in [-0.2, 0) is 4.79 Å². The topological polar surface area (TPSA) is 37.4 Å². The van der Waals surface area contributed by atoms with Crippen molar-refractivity contribution < 1.29 is 9.59 Å². The predicted octanol–water partition coefficient (Wildman–Crippen LogP) is 3.05. The van der Waals surface area contributed by atoms with Crippen LogP contribution >= 0.6 is 0 Å². The average molecular weight is 259 g/mol. The SMILES string of the molecule is O=C(CCCN1CCCCCC1=O)c1ccccc1. The molecule has 0 unspecified atom stereocenters. The first-order valence-electron chi connectivity index (χ1n) is 7.13. The highest BCUT2D eigenvalue weighted by Crippen LogP contribution is 2.12. The molecule has 0 radical (unpaired) electrons. The lowest BCUT2D eigenvalue weighted by Gasteiger charge is -2.20. The van der Waals surface area contributed by atoms with Crippen molar-refractivity contribution in [1.82, 2.24) is 4.90 Å². The number of nitrogens with zero attached hydrogens (tertiary/aromatic N) is 1. The van der Waals surface area contributed by atoms with Gasteiger partial charge in [-0.1, -0.05) is 36.8 Å². The summed E-state index contributed by atoms with van der Waals surface area (Å²) in [6.07, 6.45) is 5.21. The van der Waals surface area contributed by atoms with E-state index in [0.717, 1.165) is 44.3 Å². The minimum atomic E-state index is 0.169. The quantitative estimate of drug-likeness (QED) is 0.762. The first-order chi connectivity index (χ1) is 9.27. The van der Waals surface area contributed by atoms with Gasteiger partial charge in [0.25, 0.3) is 0 Å². The second-order valence-electron chi connectivity index (χ2n) is 5.08. The first kappa shape index (κ1) is 13.8. The summed E-state index contributed by atoms with van der Waals surface area (Å²) >= 11 is 0. The first-order valence-corrected chi connectivity index (χ1v) is 7.13. The van der Waals surface area contributed by atoms with E-state index in [1.807, 2.05) is 35.2 Å². The minimum Gasteiger partial charge on any atom is -0.343 e. The molecule has 0 saturated carbocycles. The Labute approximate surface area is 114 Å². The van der Waals surface area contributed by atoms with Gasteiger partial charge in [-0.15, -0.1) is 0 Å². The van der Waals surface area contributed by atoms with Gasteiger partial charge in [0.05, 0.1) is 0 Å². The van der Waals surface area contributed by atoms with Gasteiger partial charge in [-0.2, -0.15) is 0 Å². The number of hydrogen-bond donors (Lipinski definition) is 0. The van der Waals surface area contributed by atoms with Gasteiger partial charge in [0.1, 0.15) is 0 Å². The number of likely N-dealkylation sites (tertiary alicyclic amines) is 1. The molecule has 0 aliphatic carbocycles. The lowest BCUT2D eigenvalue weighted by atomic mass is 10.1. The third-order valence-electron chi connectivity index (χ3n) is 3.60. The second-order valence-corrected chi connectivity index (χ2v) is 5.08. The van der Waals surface area contributed by atoms with E-state index in [2.05, 4.69) is 0 Å². The van der Waals surface area contributed by atoms with Crippen LogP contribution in [0.3, 0.4) is 0 Å². The summed E-state index contributed by atoms with van der Waals surface area (Å²) in [5.74, 6) is 0.424. The third kappa shape index (κ3) is 4.19. The van der Waals surface area contributed by atoms with Crippen LogP contribution in [0.2, 0.25) is 0 Å². The second kappa shape index (κ2) is 7.07. The average Bonchev–Trinajstić information content (AvgIpc) is 2.65. The van der Waals surface area contributed by atoms with Crippen LogP contribution in [0.15, 0.2) is 30.3 Å². The molecule has 0 spiro atoms. The highest BCUT2D eigenvalue weighted by molar-refractivity contribution is 5.95. The Bertz CT molecular complexity index is 428. The van der Waals surface area contributed by atoms with Crippen molar-refractivity contribution in [2.45, 2.75) is 38.5 Å². The van der Waals surface area contributed by atoms with Crippen molar-refractivity contribution >= 4 is 11.7 Å². The molecule has 1 aromatic carbocycles. The number of carbonyl (C=O) groups excluding carboxylic acids is 2. The van der Waals surface area contributed by atoms with Gasteiger partial charge in [0, 0.05) is 31.5 Å². The number of hydrogen-bond acceptors (Lipinski definition) is 2. The summed E-state index contributed by atoms with van der Waals surface area (Å²) in [6, 6.07) is 9.36. The largest absolute Gasteiger partial charge is 0.343 e. The maximum Gasteiger partial charge on any atom is 0.222 e. The highest BCUT2D eigenvalue weighted by atomic mass is 16.2. The number of carbonyl (C=O) groups is 2. The molecule has 0 atom stereocenters. The summed E-state index contributed by atoms with van der Waals surface area (Å²) in [7, 11) is 0. The highest BCUT2D eigenvalue weighted by Gasteiger charge is 2.16. The third-order valence-corrected chi connectivity index (χ3v) is 3.60. The van der Waals surface area contributed by atoms with Gasteiger partial charge in [-0.25, -0.2) is 0 Å². The molecule has 1 saturated heterocycles. The molecule has 102 valence electrons. The normalized spacial score (nSPS) is 16.2. The summed E-state index contributed by atoms with van der Waals surface area (Å²) in [5, 5.41) is 0. The van der Waals surface area contributed by atoms with Crippen molar-refractivity contribution in [1.29, 1.82) is 0 Å². The molecule has 2 rings (SSSR count). The zero-order valence-electron chi connectivity index (χ0n) is 11.3. The Hall–Kier alpha value is -1.64. The molecule has 0 aromatic heterocycles. The monoisotopic (exact) mass is 259 g/mol. The Morgan fingerprint density at radius 1 is 1.11 bits per heavy atom. The van der Waals surface area contributed by atoms with Crippen LogP contribution in [0.1, 0.15) is 48.9 Å². The number of rotatable bonds is 5. The van der Waals surface area contributed by atoms with Crippen LogP contribution in [-0.4, -0.2) is 29.7 Å². The molecule has 1 aliphatic heterocycles. The van der Waals surface area contributed by atoms with Crippen LogP contribution in [0, 0.1) is 0 Å². The van der Waals surface area contributed by atoms with Crippen LogP contribution in [0.4, 0.5) is 0 Å². The predicted molar refractivity (Wildman–Crippen MR) is 75.1 cm³/mol. The number of Topliss-reactive ketones (excluding diaryl/α,β-unsaturated/α-hetero) is 1. The molecule has 0 bridgehead atoms. The van der Waals surface area contributed by atoms with E-state index < -0.39 is 0 Å². The summed E-state index contributed by atoms with van der Waals surface area (Å²) < 4.78 is 0. The number of benzene rings is 1. The van der Waals surface area contributed by atoms with Crippen molar-refractivity contribution in [2.24, 2.45) is 0 Å². The van der Waals surface area contributed by atoms with E-state index in [4.69, 9.17) is 0 Å². The van der Waals surface area contributed by atoms with E-state index in [1.165, 1.54) is 0 Å². The van der Waals surface area contributed by atoms with Crippen LogP contribution < -0.4 is 0 Å². The molecule has 0 N–H and O–H groups in total. The van der Waals surface area contributed by atoms with E-state index in [-0.39, 0.29) is 11.7 Å². The van der Waals surface area contributed by atoms with E-state index in [9.17, 15) is 9.59 Å². The zero-order valence-corrected chi connectivity index (χ0v) is 11.3. The summed E-state index contributed by atoms with van der Waals surface area (Å²) in [6.45, 7) is 1.58. The van der Waals surface area contributed by atoms with Crippen molar-refractivity contribution in [3.8, 4) is 0 Å². The molecule has 1 amide bonds. The molecule has 19 heavy (non-hydrogen) atoms. The molecule has 3 nitrogen and oxygen atoms in total. The van der Waals surface area contributed by atoms with Crippen molar-refractivity contribution in [3.63, 3.8) is 0 Å². The smallest absolute Gasteiger partial charge is 0.222 e. The fraction of sp³-hybridized carbons (Fsp3) is 0.500. The van der Waals surface area contributed by atoms with Gasteiger partial charge in [0.2, 0.25) is 5.91 Å². The van der Waals surface area contributed by atoms with E-state index in [0.29, 0.717) is 12.8 Å². The molecule has 1 fully saturated rings. The molecule has 1 aliphatic rings. The van der Waals surface area contributed by atoms with Gasteiger partial charge in [0.15, 0.2) is 5.78 Å². The Balaban J connectivity index is 1.77. The van der Waals surface area contributed by atoms with Gasteiger partial charge in [-0.05, 0) is 19.3 Å². The lowest BCUT2D eigenvalue weighted by Crippen LogP contribution is -2.31. The maximum atomic E-state index is 11.9. The van der Waals surface area contributed by atoms with Crippen molar-refractivity contribution in [2.75, 3.05) is 13.1 Å².